The largest absolute Gasteiger partial charge is 0.370 e. The summed E-state index contributed by atoms with van der Waals surface area (Å²) in [7, 11) is 0. The Balaban J connectivity index is 3.48. The molecule has 0 spiro atoms. The summed E-state index contributed by atoms with van der Waals surface area (Å²) in [5.41, 5.74) is 10.8. The van der Waals surface area contributed by atoms with E-state index >= 15 is 0 Å². The molecule has 0 fully saturated rings. The molecule has 1 atom stereocenters. The van der Waals surface area contributed by atoms with Gasteiger partial charge in [-0.25, -0.2) is 0 Å². The van der Waals surface area contributed by atoms with Crippen LogP contribution in [0.1, 0.15) is 38.5 Å². The third kappa shape index (κ3) is 11.2. The van der Waals surface area contributed by atoms with E-state index in [2.05, 4.69) is 10.6 Å². The molecule has 0 aromatic rings. The molecule has 0 saturated carbocycles. The van der Waals surface area contributed by atoms with Crippen molar-refractivity contribution in [1.29, 1.82) is 5.41 Å². The Morgan fingerprint density at radius 2 is 1.84 bits per heavy atom. The fourth-order valence-corrected chi connectivity index (χ4v) is 1.52. The lowest BCUT2D eigenvalue weighted by molar-refractivity contribution is -0.122. The Morgan fingerprint density at radius 1 is 1.16 bits per heavy atom. The van der Waals surface area contributed by atoms with Crippen LogP contribution in [0.4, 0.5) is 0 Å². The highest BCUT2D eigenvalue weighted by atomic mass is 16.2. The van der Waals surface area contributed by atoms with Crippen LogP contribution < -0.4 is 22.1 Å². The molecular weight excluding hydrogens is 246 g/mol. The number of carbonyl (C=O) groups is 1. The van der Waals surface area contributed by atoms with Crippen LogP contribution in [-0.4, -0.2) is 37.3 Å². The molecule has 0 aliphatic rings. The second-order valence-corrected chi connectivity index (χ2v) is 4.34. The fraction of sp³-hybridized carbons (Fsp3) is 0.750. The zero-order valence-electron chi connectivity index (χ0n) is 11.2. The Labute approximate surface area is 114 Å². The second-order valence-electron chi connectivity index (χ2n) is 4.34. The van der Waals surface area contributed by atoms with Gasteiger partial charge < -0.3 is 22.1 Å². The van der Waals surface area contributed by atoms with E-state index in [9.17, 15) is 9.59 Å². The summed E-state index contributed by atoms with van der Waals surface area (Å²) >= 11 is 0. The summed E-state index contributed by atoms with van der Waals surface area (Å²) in [6, 6.07) is -0.530. The number of rotatable bonds is 11. The van der Waals surface area contributed by atoms with Gasteiger partial charge in [0.05, 0.1) is 6.04 Å². The van der Waals surface area contributed by atoms with Gasteiger partial charge in [-0.2, -0.15) is 0 Å². The first kappa shape index (κ1) is 17.4. The molecule has 0 unspecified atom stereocenters. The Morgan fingerprint density at radius 3 is 2.47 bits per heavy atom. The molecule has 0 saturated heterocycles. The maximum absolute atomic E-state index is 11.6. The van der Waals surface area contributed by atoms with Crippen molar-refractivity contribution in [2.45, 2.75) is 44.6 Å². The molecule has 7 N–H and O–H groups in total. The van der Waals surface area contributed by atoms with Crippen molar-refractivity contribution in [2.75, 3.05) is 13.1 Å². The molecule has 0 bridgehead atoms. The molecule has 7 heteroatoms. The average Bonchev–Trinajstić information content (AvgIpc) is 2.38. The molecule has 0 rings (SSSR count). The molecular formula is C12H24N5O2. The van der Waals surface area contributed by atoms with Crippen LogP contribution in [0.25, 0.3) is 0 Å². The smallest absolute Gasteiger partial charge is 0.236 e. The summed E-state index contributed by atoms with van der Waals surface area (Å²) in [5.74, 6) is -0.240. The number of hydrogen-bond donors (Lipinski definition) is 5. The molecule has 19 heavy (non-hydrogen) atoms. The van der Waals surface area contributed by atoms with Gasteiger partial charge >= 0.3 is 0 Å². The summed E-state index contributed by atoms with van der Waals surface area (Å²) in [5, 5.41) is 12.4. The zero-order chi connectivity index (χ0) is 14.5. The highest BCUT2D eigenvalue weighted by molar-refractivity contribution is 5.81. The highest BCUT2D eigenvalue weighted by Gasteiger charge is 2.11. The third-order valence-corrected chi connectivity index (χ3v) is 2.60. The molecule has 1 radical (unpaired) electrons. The van der Waals surface area contributed by atoms with E-state index in [-0.39, 0.29) is 11.9 Å². The van der Waals surface area contributed by atoms with Crippen LogP contribution in [0.3, 0.4) is 0 Å². The van der Waals surface area contributed by atoms with Crippen molar-refractivity contribution in [3.63, 3.8) is 0 Å². The predicted octanol–water partition coefficient (Wildman–Crippen LogP) is -0.637. The molecule has 0 aliphatic heterocycles. The SMILES string of the molecule is N=C(N)NCCC[C@H](N)C(=O)NCCCCC[C]=O. The number of hydrogen-bond acceptors (Lipinski definition) is 4. The summed E-state index contributed by atoms with van der Waals surface area (Å²) in [6.45, 7) is 1.12. The van der Waals surface area contributed by atoms with E-state index in [1.807, 2.05) is 6.29 Å². The van der Waals surface area contributed by atoms with Gasteiger partial charge in [0.15, 0.2) is 12.2 Å². The number of carbonyl (C=O) groups excluding carboxylic acids is 2. The predicted molar refractivity (Wildman–Crippen MR) is 74.3 cm³/mol. The van der Waals surface area contributed by atoms with Gasteiger partial charge in [-0.15, -0.1) is 0 Å². The third-order valence-electron chi connectivity index (χ3n) is 2.60. The maximum atomic E-state index is 11.6. The Kier molecular flexibility index (Phi) is 10.5. The van der Waals surface area contributed by atoms with Gasteiger partial charge in [-0.05, 0) is 25.7 Å². The topological polar surface area (TPSA) is 134 Å². The van der Waals surface area contributed by atoms with Gasteiger partial charge in [-0.1, -0.05) is 6.42 Å². The maximum Gasteiger partial charge on any atom is 0.236 e. The van der Waals surface area contributed by atoms with E-state index in [1.54, 1.807) is 0 Å². The van der Waals surface area contributed by atoms with E-state index in [4.69, 9.17) is 16.9 Å². The lowest BCUT2D eigenvalue weighted by Gasteiger charge is -2.12. The van der Waals surface area contributed by atoms with E-state index in [1.165, 1.54) is 0 Å². The summed E-state index contributed by atoms with van der Waals surface area (Å²) < 4.78 is 0. The van der Waals surface area contributed by atoms with Crippen molar-refractivity contribution in [3.05, 3.63) is 0 Å². The van der Waals surface area contributed by atoms with Crippen molar-refractivity contribution in [1.82, 2.24) is 10.6 Å². The molecule has 1 amide bonds. The van der Waals surface area contributed by atoms with Crippen molar-refractivity contribution in [2.24, 2.45) is 11.5 Å². The van der Waals surface area contributed by atoms with Crippen LogP contribution in [0.2, 0.25) is 0 Å². The number of unbranched alkanes of at least 4 members (excludes halogenated alkanes) is 3. The van der Waals surface area contributed by atoms with Crippen molar-refractivity contribution < 1.29 is 9.59 Å². The van der Waals surface area contributed by atoms with E-state index < -0.39 is 6.04 Å². The minimum absolute atomic E-state index is 0.0782. The molecule has 109 valence electrons. The van der Waals surface area contributed by atoms with Crippen LogP contribution in [0, 0.1) is 5.41 Å². The van der Waals surface area contributed by atoms with Crippen LogP contribution in [-0.2, 0) is 9.59 Å². The van der Waals surface area contributed by atoms with E-state index in [0.717, 1.165) is 19.3 Å². The van der Waals surface area contributed by atoms with Crippen molar-refractivity contribution >= 4 is 18.2 Å². The Bertz CT molecular complexity index is 283. The number of amides is 1. The number of nitrogens with two attached hydrogens (primary N) is 2. The molecule has 0 aliphatic carbocycles. The summed E-state index contributed by atoms with van der Waals surface area (Å²) in [6.07, 6.45) is 6.06. The first-order valence-electron chi connectivity index (χ1n) is 6.54. The second kappa shape index (κ2) is 11.5. The van der Waals surface area contributed by atoms with Gasteiger partial charge in [0.2, 0.25) is 5.91 Å². The lowest BCUT2D eigenvalue weighted by atomic mass is 10.1. The molecule has 0 heterocycles. The number of nitrogens with one attached hydrogen (secondary N) is 3. The molecule has 0 aromatic heterocycles. The standard InChI is InChI=1S/C12H24N5O2/c13-10(6-5-8-17-12(14)15)11(19)16-7-3-1-2-4-9-18/h10H,1-8,13H2,(H,16,19)(H4,14,15,17)/t10-/m0/s1. The van der Waals surface area contributed by atoms with Crippen LogP contribution >= 0.6 is 0 Å². The van der Waals surface area contributed by atoms with Crippen molar-refractivity contribution in [3.8, 4) is 0 Å². The van der Waals surface area contributed by atoms with Crippen LogP contribution in [0.15, 0.2) is 0 Å². The van der Waals surface area contributed by atoms with Gasteiger partial charge in [0.1, 0.15) is 0 Å². The average molecular weight is 270 g/mol. The first-order valence-corrected chi connectivity index (χ1v) is 6.54. The summed E-state index contributed by atoms with van der Waals surface area (Å²) in [4.78, 5) is 21.5. The van der Waals surface area contributed by atoms with Gasteiger partial charge in [0.25, 0.3) is 0 Å². The van der Waals surface area contributed by atoms with Gasteiger partial charge in [0, 0.05) is 19.5 Å². The fourth-order valence-electron chi connectivity index (χ4n) is 1.52. The zero-order valence-corrected chi connectivity index (χ0v) is 11.2. The highest BCUT2D eigenvalue weighted by Crippen LogP contribution is 1.97. The first-order chi connectivity index (χ1) is 9.07. The van der Waals surface area contributed by atoms with E-state index in [0.29, 0.717) is 32.4 Å². The minimum atomic E-state index is -0.530. The molecule has 7 nitrogen and oxygen atoms in total. The van der Waals surface area contributed by atoms with Crippen LogP contribution in [0.5, 0.6) is 0 Å². The minimum Gasteiger partial charge on any atom is -0.370 e. The quantitative estimate of drug-likeness (QED) is 0.193. The molecule has 0 aromatic carbocycles. The monoisotopic (exact) mass is 270 g/mol. The lowest BCUT2D eigenvalue weighted by Crippen LogP contribution is -2.41. The Hall–Kier alpha value is -1.63. The number of guanidine groups is 1. The normalized spacial score (nSPS) is 11.6. The van der Waals surface area contributed by atoms with Gasteiger partial charge in [-0.3, -0.25) is 15.0 Å².